The van der Waals surface area contributed by atoms with Crippen LogP contribution in [-0.4, -0.2) is 18.4 Å². The van der Waals surface area contributed by atoms with Gasteiger partial charge in [-0.25, -0.2) is 0 Å². The van der Waals surface area contributed by atoms with Crippen LogP contribution in [0.5, 0.6) is 0 Å². The third kappa shape index (κ3) is 3.05. The van der Waals surface area contributed by atoms with E-state index in [1.165, 1.54) is 0 Å². The summed E-state index contributed by atoms with van der Waals surface area (Å²) in [5, 5.41) is 2.15. The number of benzene rings is 2. The quantitative estimate of drug-likeness (QED) is 0.619. The van der Waals surface area contributed by atoms with Gasteiger partial charge in [0.2, 0.25) is 0 Å². The summed E-state index contributed by atoms with van der Waals surface area (Å²) in [5.41, 5.74) is 0.948. The largest absolute Gasteiger partial charge is 0.465 e. The molecule has 0 spiro atoms. The van der Waals surface area contributed by atoms with Crippen molar-refractivity contribution in [2.75, 3.05) is 6.61 Å². The SMILES string of the molecule is CCOC(=O)[C@H](C)C(=O)Cc1cccc2ccccc12. The summed E-state index contributed by atoms with van der Waals surface area (Å²) in [6, 6.07) is 13.8. The summed E-state index contributed by atoms with van der Waals surface area (Å²) in [6.45, 7) is 3.63. The fourth-order valence-corrected chi connectivity index (χ4v) is 2.19. The van der Waals surface area contributed by atoms with Crippen LogP contribution in [0.2, 0.25) is 0 Å². The van der Waals surface area contributed by atoms with Gasteiger partial charge in [0.25, 0.3) is 0 Å². The number of ketones is 1. The van der Waals surface area contributed by atoms with E-state index in [2.05, 4.69) is 0 Å². The molecule has 20 heavy (non-hydrogen) atoms. The van der Waals surface area contributed by atoms with Crippen LogP contribution in [-0.2, 0) is 20.7 Å². The van der Waals surface area contributed by atoms with Crippen molar-refractivity contribution >= 4 is 22.5 Å². The third-order valence-electron chi connectivity index (χ3n) is 3.37. The number of esters is 1. The van der Waals surface area contributed by atoms with Gasteiger partial charge in [0.1, 0.15) is 5.92 Å². The summed E-state index contributed by atoms with van der Waals surface area (Å²) < 4.78 is 4.89. The van der Waals surface area contributed by atoms with Gasteiger partial charge in [0.05, 0.1) is 6.61 Å². The van der Waals surface area contributed by atoms with E-state index in [9.17, 15) is 9.59 Å². The molecule has 0 amide bonds. The molecule has 0 aliphatic carbocycles. The number of fused-ring (bicyclic) bond motifs is 1. The van der Waals surface area contributed by atoms with Gasteiger partial charge in [-0.2, -0.15) is 0 Å². The Labute approximate surface area is 118 Å². The van der Waals surface area contributed by atoms with Crippen LogP contribution >= 0.6 is 0 Å². The summed E-state index contributed by atoms with van der Waals surface area (Å²) in [5.74, 6) is -1.27. The summed E-state index contributed by atoms with van der Waals surface area (Å²) in [7, 11) is 0. The lowest BCUT2D eigenvalue weighted by Crippen LogP contribution is -2.24. The topological polar surface area (TPSA) is 43.4 Å². The minimum atomic E-state index is -0.714. The molecule has 3 nitrogen and oxygen atoms in total. The van der Waals surface area contributed by atoms with Crippen LogP contribution in [0.4, 0.5) is 0 Å². The molecule has 2 aromatic rings. The highest BCUT2D eigenvalue weighted by Gasteiger charge is 2.22. The van der Waals surface area contributed by atoms with Crippen molar-refractivity contribution in [3.05, 3.63) is 48.0 Å². The van der Waals surface area contributed by atoms with Crippen molar-refractivity contribution < 1.29 is 14.3 Å². The van der Waals surface area contributed by atoms with Crippen LogP contribution in [0.1, 0.15) is 19.4 Å². The zero-order valence-corrected chi connectivity index (χ0v) is 11.8. The second kappa shape index (κ2) is 6.33. The molecular weight excluding hydrogens is 252 g/mol. The van der Waals surface area contributed by atoms with Crippen LogP contribution in [0.15, 0.2) is 42.5 Å². The molecule has 0 heterocycles. The molecule has 1 atom stereocenters. The molecule has 0 fully saturated rings. The molecule has 0 bridgehead atoms. The Balaban J connectivity index is 2.20. The van der Waals surface area contributed by atoms with E-state index in [0.717, 1.165) is 16.3 Å². The molecule has 0 aromatic heterocycles. The number of Topliss-reactive ketones (excluding diaryl/α,β-unsaturated/α-hetero) is 1. The maximum Gasteiger partial charge on any atom is 0.316 e. The first-order valence-corrected chi connectivity index (χ1v) is 6.79. The van der Waals surface area contributed by atoms with Gasteiger partial charge in [-0.3, -0.25) is 9.59 Å². The van der Waals surface area contributed by atoms with Gasteiger partial charge in [-0.1, -0.05) is 42.5 Å². The standard InChI is InChI=1S/C17H18O3/c1-3-20-17(19)12(2)16(18)11-14-9-6-8-13-7-4-5-10-15(13)14/h4-10,12H,3,11H2,1-2H3/t12-/m1/s1. The van der Waals surface area contributed by atoms with Crippen LogP contribution in [0, 0.1) is 5.92 Å². The lowest BCUT2D eigenvalue weighted by molar-refractivity contribution is -0.150. The molecule has 0 aliphatic heterocycles. The average molecular weight is 270 g/mol. The first kappa shape index (κ1) is 14.3. The fraction of sp³-hybridized carbons (Fsp3) is 0.294. The van der Waals surface area contributed by atoms with E-state index in [4.69, 9.17) is 4.74 Å². The van der Waals surface area contributed by atoms with Crippen molar-refractivity contribution in [2.45, 2.75) is 20.3 Å². The Kier molecular flexibility index (Phi) is 4.51. The second-order valence-corrected chi connectivity index (χ2v) is 4.76. The summed E-state index contributed by atoms with van der Waals surface area (Å²) in [4.78, 5) is 23.8. The predicted octanol–water partition coefficient (Wildman–Crippen LogP) is 3.15. The highest BCUT2D eigenvalue weighted by Crippen LogP contribution is 2.20. The van der Waals surface area contributed by atoms with E-state index in [1.807, 2.05) is 42.5 Å². The van der Waals surface area contributed by atoms with Gasteiger partial charge in [0, 0.05) is 6.42 Å². The molecule has 2 aromatic carbocycles. The Morgan fingerprint density at radius 3 is 2.55 bits per heavy atom. The van der Waals surface area contributed by atoms with E-state index in [-0.39, 0.29) is 12.2 Å². The first-order chi connectivity index (χ1) is 9.63. The van der Waals surface area contributed by atoms with Crippen molar-refractivity contribution in [3.63, 3.8) is 0 Å². The van der Waals surface area contributed by atoms with Crippen LogP contribution in [0.25, 0.3) is 10.8 Å². The van der Waals surface area contributed by atoms with Crippen LogP contribution < -0.4 is 0 Å². The fourth-order valence-electron chi connectivity index (χ4n) is 2.19. The van der Waals surface area contributed by atoms with Gasteiger partial charge in [-0.15, -0.1) is 0 Å². The maximum absolute atomic E-state index is 12.2. The molecule has 2 rings (SSSR count). The van der Waals surface area contributed by atoms with Crippen molar-refractivity contribution in [3.8, 4) is 0 Å². The predicted molar refractivity (Wildman–Crippen MR) is 78.5 cm³/mol. The Morgan fingerprint density at radius 1 is 1.10 bits per heavy atom. The number of carbonyl (C=O) groups excluding carboxylic acids is 2. The molecular formula is C17H18O3. The number of rotatable bonds is 5. The molecule has 0 saturated carbocycles. The lowest BCUT2D eigenvalue weighted by Gasteiger charge is -2.11. The smallest absolute Gasteiger partial charge is 0.316 e. The maximum atomic E-state index is 12.2. The van der Waals surface area contributed by atoms with Gasteiger partial charge in [-0.05, 0) is 30.2 Å². The van der Waals surface area contributed by atoms with E-state index < -0.39 is 11.9 Å². The van der Waals surface area contributed by atoms with E-state index in [0.29, 0.717) is 6.61 Å². The third-order valence-corrected chi connectivity index (χ3v) is 3.37. The average Bonchev–Trinajstić information content (AvgIpc) is 2.47. The van der Waals surface area contributed by atoms with Gasteiger partial charge < -0.3 is 4.74 Å². The number of hydrogen-bond donors (Lipinski definition) is 0. The number of hydrogen-bond acceptors (Lipinski definition) is 3. The molecule has 0 saturated heterocycles. The van der Waals surface area contributed by atoms with Gasteiger partial charge >= 0.3 is 5.97 Å². The zero-order chi connectivity index (χ0) is 14.5. The molecule has 0 N–H and O–H groups in total. The Hall–Kier alpha value is -2.16. The molecule has 3 heteroatoms. The lowest BCUT2D eigenvalue weighted by atomic mass is 9.95. The highest BCUT2D eigenvalue weighted by atomic mass is 16.5. The molecule has 0 aliphatic rings. The van der Waals surface area contributed by atoms with Crippen LogP contribution in [0.3, 0.4) is 0 Å². The minimum Gasteiger partial charge on any atom is -0.465 e. The monoisotopic (exact) mass is 270 g/mol. The molecule has 104 valence electrons. The van der Waals surface area contributed by atoms with E-state index >= 15 is 0 Å². The van der Waals surface area contributed by atoms with Crippen molar-refractivity contribution in [1.82, 2.24) is 0 Å². The summed E-state index contributed by atoms with van der Waals surface area (Å²) >= 11 is 0. The highest BCUT2D eigenvalue weighted by molar-refractivity contribution is 6.01. The van der Waals surface area contributed by atoms with Crippen molar-refractivity contribution in [1.29, 1.82) is 0 Å². The number of carbonyl (C=O) groups is 2. The molecule has 0 radical (unpaired) electrons. The van der Waals surface area contributed by atoms with E-state index in [1.54, 1.807) is 13.8 Å². The number of ether oxygens (including phenoxy) is 1. The Morgan fingerprint density at radius 2 is 1.80 bits per heavy atom. The zero-order valence-electron chi connectivity index (χ0n) is 11.8. The van der Waals surface area contributed by atoms with Gasteiger partial charge in [0.15, 0.2) is 5.78 Å². The first-order valence-electron chi connectivity index (χ1n) is 6.79. The molecule has 0 unspecified atom stereocenters. The second-order valence-electron chi connectivity index (χ2n) is 4.76. The normalized spacial score (nSPS) is 12.1. The van der Waals surface area contributed by atoms with Crippen molar-refractivity contribution in [2.24, 2.45) is 5.92 Å². The Bertz CT molecular complexity index is 626. The summed E-state index contributed by atoms with van der Waals surface area (Å²) in [6.07, 6.45) is 0.251. The minimum absolute atomic E-state index is 0.111.